The number of benzene rings is 3. The van der Waals surface area contributed by atoms with Crippen LogP contribution in [0.3, 0.4) is 0 Å². The molecule has 0 fully saturated rings. The molecule has 1 heterocycles. The van der Waals surface area contributed by atoms with Crippen LogP contribution in [-0.4, -0.2) is 30.8 Å². The Morgan fingerprint density at radius 2 is 1.60 bits per heavy atom. The Hall–Kier alpha value is -3.91. The summed E-state index contributed by atoms with van der Waals surface area (Å²) in [4.78, 5) is 12.2. The molecule has 7 nitrogen and oxygen atoms in total. The maximum atomic E-state index is 12.3. The fraction of sp³-hybridized carbons (Fsp3) is 0.185. The van der Waals surface area contributed by atoms with E-state index in [4.69, 9.17) is 5.10 Å². The van der Waals surface area contributed by atoms with Crippen molar-refractivity contribution in [1.82, 2.24) is 19.8 Å². The van der Waals surface area contributed by atoms with Gasteiger partial charge in [-0.15, -0.1) is 0 Å². The van der Waals surface area contributed by atoms with Crippen molar-refractivity contribution < 1.29 is 13.2 Å². The fourth-order valence-corrected chi connectivity index (χ4v) is 4.91. The third-order valence-corrected chi connectivity index (χ3v) is 6.86. The summed E-state index contributed by atoms with van der Waals surface area (Å²) in [6, 6.07) is 21.9. The second-order valence-electron chi connectivity index (χ2n) is 8.62. The number of aromatic nitrogens is 2. The number of nitrogens with zero attached hydrogens (tertiary/aromatic N) is 2. The first kappa shape index (κ1) is 24.2. The number of sulfonamides is 1. The van der Waals surface area contributed by atoms with Gasteiger partial charge < -0.3 is 5.32 Å². The van der Waals surface area contributed by atoms with Crippen LogP contribution in [0.2, 0.25) is 0 Å². The molecule has 2 N–H and O–H groups in total. The SMILES string of the molecule is Cc1cc(C)cc(-c2ccn(-c3ccc(CCNC(=O)NS(=O)(=O)c4cccc(C)c4)cc3)n2)c1. The summed E-state index contributed by atoms with van der Waals surface area (Å²) in [6.45, 7) is 6.25. The van der Waals surface area contributed by atoms with Crippen LogP contribution in [0.25, 0.3) is 16.9 Å². The van der Waals surface area contributed by atoms with Gasteiger partial charge in [0.05, 0.1) is 16.3 Å². The number of aryl methyl sites for hydroxylation is 3. The molecule has 4 rings (SSSR count). The number of amides is 2. The third kappa shape index (κ3) is 6.16. The summed E-state index contributed by atoms with van der Waals surface area (Å²) in [5, 5.41) is 7.31. The predicted octanol–water partition coefficient (Wildman–Crippen LogP) is 4.70. The molecule has 0 aliphatic carbocycles. The van der Waals surface area contributed by atoms with E-state index in [9.17, 15) is 13.2 Å². The molecule has 0 saturated heterocycles. The summed E-state index contributed by atoms with van der Waals surface area (Å²) >= 11 is 0. The first-order valence-electron chi connectivity index (χ1n) is 11.3. The molecule has 8 heteroatoms. The lowest BCUT2D eigenvalue weighted by Crippen LogP contribution is -2.40. The quantitative estimate of drug-likeness (QED) is 0.395. The fourth-order valence-electron chi connectivity index (χ4n) is 3.88. The minimum atomic E-state index is -3.91. The highest BCUT2D eigenvalue weighted by Gasteiger charge is 2.17. The summed E-state index contributed by atoms with van der Waals surface area (Å²) in [5.41, 5.74) is 7.15. The molecule has 0 spiro atoms. The average Bonchev–Trinajstić information content (AvgIpc) is 3.29. The van der Waals surface area contributed by atoms with E-state index in [1.807, 2.05) is 45.9 Å². The second-order valence-corrected chi connectivity index (χ2v) is 10.3. The Morgan fingerprint density at radius 3 is 2.29 bits per heavy atom. The number of urea groups is 1. The average molecular weight is 489 g/mol. The number of carbonyl (C=O) groups excluding carboxylic acids is 1. The Morgan fingerprint density at radius 1 is 0.886 bits per heavy atom. The topological polar surface area (TPSA) is 93.1 Å². The van der Waals surface area contributed by atoms with Crippen LogP contribution in [0, 0.1) is 20.8 Å². The minimum absolute atomic E-state index is 0.0579. The van der Waals surface area contributed by atoms with Gasteiger partial charge in [0.1, 0.15) is 0 Å². The number of nitrogens with one attached hydrogen (secondary N) is 2. The summed E-state index contributed by atoms with van der Waals surface area (Å²) in [5.74, 6) is 0. The standard InChI is InChI=1S/C27H28N4O3S/c1-19-5-4-6-25(18-19)35(33,34)30-27(32)28-13-11-22-7-9-24(10-8-22)31-14-12-26(29-31)23-16-20(2)15-21(3)17-23/h4-10,12,14-18H,11,13H2,1-3H3,(H2,28,30,32). The molecular weight excluding hydrogens is 460 g/mol. The van der Waals surface area contributed by atoms with Crippen molar-refractivity contribution in [2.45, 2.75) is 32.1 Å². The summed E-state index contributed by atoms with van der Waals surface area (Å²) < 4.78 is 28.6. The first-order chi connectivity index (χ1) is 16.7. The van der Waals surface area contributed by atoms with Crippen molar-refractivity contribution >= 4 is 16.1 Å². The van der Waals surface area contributed by atoms with E-state index in [-0.39, 0.29) is 4.90 Å². The highest BCUT2D eigenvalue weighted by molar-refractivity contribution is 7.90. The Bertz CT molecular complexity index is 1440. The second kappa shape index (κ2) is 10.1. The summed E-state index contributed by atoms with van der Waals surface area (Å²) in [6.07, 6.45) is 2.49. The van der Waals surface area contributed by atoms with Crippen molar-refractivity contribution in [2.24, 2.45) is 0 Å². The van der Waals surface area contributed by atoms with Gasteiger partial charge in [-0.2, -0.15) is 5.10 Å². The minimum Gasteiger partial charge on any atom is -0.337 e. The number of hydrogen-bond donors (Lipinski definition) is 2. The van der Waals surface area contributed by atoms with E-state index >= 15 is 0 Å². The van der Waals surface area contributed by atoms with Gasteiger partial charge in [-0.1, -0.05) is 41.5 Å². The molecule has 0 aliphatic heterocycles. The number of rotatable bonds is 7. The van der Waals surface area contributed by atoms with Gasteiger partial charge in [0.25, 0.3) is 10.0 Å². The van der Waals surface area contributed by atoms with Crippen LogP contribution in [0.4, 0.5) is 4.79 Å². The smallest absolute Gasteiger partial charge is 0.328 e. The maximum absolute atomic E-state index is 12.3. The molecule has 0 unspecified atom stereocenters. The van der Waals surface area contributed by atoms with Gasteiger partial charge in [-0.25, -0.2) is 22.6 Å². The molecule has 0 atom stereocenters. The van der Waals surface area contributed by atoms with E-state index in [2.05, 4.69) is 37.4 Å². The molecule has 35 heavy (non-hydrogen) atoms. The Labute approximate surface area is 205 Å². The molecule has 4 aromatic rings. The lowest BCUT2D eigenvalue weighted by molar-refractivity contribution is 0.246. The van der Waals surface area contributed by atoms with Gasteiger partial charge in [0.15, 0.2) is 0 Å². The number of carbonyl (C=O) groups is 1. The van der Waals surface area contributed by atoms with Crippen molar-refractivity contribution in [1.29, 1.82) is 0 Å². The van der Waals surface area contributed by atoms with Gasteiger partial charge in [-0.05, 0) is 80.8 Å². The third-order valence-electron chi connectivity index (χ3n) is 5.53. The Kier molecular flexibility index (Phi) is 7.02. The van der Waals surface area contributed by atoms with E-state index in [1.165, 1.54) is 23.3 Å². The molecule has 0 aliphatic rings. The van der Waals surface area contributed by atoms with Crippen LogP contribution >= 0.6 is 0 Å². The normalized spacial score (nSPS) is 11.3. The molecule has 0 bridgehead atoms. The largest absolute Gasteiger partial charge is 0.337 e. The zero-order chi connectivity index (χ0) is 25.0. The van der Waals surface area contributed by atoms with Crippen LogP contribution < -0.4 is 10.0 Å². The van der Waals surface area contributed by atoms with Gasteiger partial charge in [-0.3, -0.25) is 0 Å². The molecule has 0 radical (unpaired) electrons. The zero-order valence-corrected chi connectivity index (χ0v) is 20.8. The van der Waals surface area contributed by atoms with E-state index < -0.39 is 16.1 Å². The lowest BCUT2D eigenvalue weighted by atomic mass is 10.1. The van der Waals surface area contributed by atoms with Crippen molar-refractivity contribution in [3.05, 3.63) is 101 Å². The molecule has 180 valence electrons. The van der Waals surface area contributed by atoms with Crippen molar-refractivity contribution in [2.75, 3.05) is 6.54 Å². The van der Waals surface area contributed by atoms with Crippen molar-refractivity contribution in [3.8, 4) is 16.9 Å². The predicted molar refractivity (Wildman–Crippen MR) is 137 cm³/mol. The van der Waals surface area contributed by atoms with Crippen LogP contribution in [0.5, 0.6) is 0 Å². The molecule has 3 aromatic carbocycles. The molecular formula is C27H28N4O3S. The van der Waals surface area contributed by atoms with Gasteiger partial charge >= 0.3 is 6.03 Å². The highest BCUT2D eigenvalue weighted by Crippen LogP contribution is 2.21. The summed E-state index contributed by atoms with van der Waals surface area (Å²) in [7, 11) is -3.91. The molecule has 1 aromatic heterocycles. The molecule has 2 amide bonds. The number of hydrogen-bond acceptors (Lipinski definition) is 4. The van der Waals surface area contributed by atoms with E-state index in [1.54, 1.807) is 19.1 Å². The van der Waals surface area contributed by atoms with Crippen LogP contribution in [0.1, 0.15) is 22.3 Å². The first-order valence-corrected chi connectivity index (χ1v) is 12.8. The monoisotopic (exact) mass is 488 g/mol. The van der Waals surface area contributed by atoms with Gasteiger partial charge in [0, 0.05) is 18.3 Å². The van der Waals surface area contributed by atoms with Crippen LogP contribution in [-0.2, 0) is 16.4 Å². The van der Waals surface area contributed by atoms with E-state index in [0.29, 0.717) is 13.0 Å². The lowest BCUT2D eigenvalue weighted by Gasteiger charge is -2.09. The van der Waals surface area contributed by atoms with E-state index in [0.717, 1.165) is 28.1 Å². The maximum Gasteiger partial charge on any atom is 0.328 e. The van der Waals surface area contributed by atoms with Crippen LogP contribution in [0.15, 0.2) is 83.9 Å². The Balaban J connectivity index is 1.32. The highest BCUT2D eigenvalue weighted by atomic mass is 32.2. The zero-order valence-electron chi connectivity index (χ0n) is 19.9. The molecule has 0 saturated carbocycles. The van der Waals surface area contributed by atoms with Gasteiger partial charge in [0.2, 0.25) is 0 Å². The van der Waals surface area contributed by atoms with Crippen molar-refractivity contribution in [3.63, 3.8) is 0 Å².